The molecular formula is C28H23N7O3. The van der Waals surface area contributed by atoms with Gasteiger partial charge in [0.2, 0.25) is 0 Å². The number of aromatic nitrogens is 6. The zero-order valence-electron chi connectivity index (χ0n) is 20.1. The van der Waals surface area contributed by atoms with Crippen LogP contribution in [0, 0.1) is 0 Å². The van der Waals surface area contributed by atoms with Crippen molar-refractivity contribution >= 4 is 38.8 Å². The molecule has 38 heavy (non-hydrogen) atoms. The van der Waals surface area contributed by atoms with Crippen molar-refractivity contribution in [1.82, 2.24) is 29.5 Å². The molecule has 2 aromatic carbocycles. The molecule has 188 valence electrons. The van der Waals surface area contributed by atoms with Gasteiger partial charge in [0.25, 0.3) is 0 Å². The van der Waals surface area contributed by atoms with E-state index in [1.165, 1.54) is 6.33 Å². The lowest BCUT2D eigenvalue weighted by Crippen LogP contribution is -2.24. The molecule has 4 aromatic heterocycles. The van der Waals surface area contributed by atoms with Crippen molar-refractivity contribution < 1.29 is 14.9 Å². The van der Waals surface area contributed by atoms with E-state index in [1.54, 1.807) is 6.20 Å². The molecule has 10 heteroatoms. The Morgan fingerprint density at radius 2 is 1.63 bits per heavy atom. The lowest BCUT2D eigenvalue weighted by atomic mass is 10.1. The van der Waals surface area contributed by atoms with E-state index in [0.29, 0.717) is 17.0 Å². The van der Waals surface area contributed by atoms with Gasteiger partial charge in [0, 0.05) is 34.5 Å². The molecule has 3 atom stereocenters. The van der Waals surface area contributed by atoms with Gasteiger partial charge in [-0.1, -0.05) is 48.5 Å². The second-order valence-electron chi connectivity index (χ2n) is 9.34. The minimum Gasteiger partial charge on any atom is -0.394 e. The fraction of sp³-hybridized carbons (Fsp3) is 0.179. The molecule has 0 saturated carbocycles. The number of fused-ring (bicyclic) bond motifs is 4. The standard InChI is InChI=1S/C28H23N7O3/c29-26-25-28(32-14-31-26)35(22-12-20(37)21(13-36)38-22)27(34-25)18-7-3-15(4-8-18)19-10-9-17-6-5-16-2-1-11-30-23(16)24(17)33-19/h1-11,14,20-22,36-37H,12-13H2,(H2,29,31,32)/t20-,21+,22+/m0/s1. The second-order valence-corrected chi connectivity index (χ2v) is 9.34. The summed E-state index contributed by atoms with van der Waals surface area (Å²) in [6, 6.07) is 20.0. The number of anilines is 1. The van der Waals surface area contributed by atoms with Gasteiger partial charge in [-0.05, 0) is 12.1 Å². The van der Waals surface area contributed by atoms with Gasteiger partial charge in [0.05, 0.1) is 29.4 Å². The number of aliphatic hydroxyl groups is 2. The van der Waals surface area contributed by atoms with Gasteiger partial charge in [0.1, 0.15) is 24.5 Å². The number of imidazole rings is 1. The summed E-state index contributed by atoms with van der Waals surface area (Å²) in [5.74, 6) is 0.835. The van der Waals surface area contributed by atoms with Crippen molar-refractivity contribution in [3.63, 3.8) is 0 Å². The first kappa shape index (κ1) is 22.7. The van der Waals surface area contributed by atoms with Crippen LogP contribution in [0.25, 0.3) is 55.6 Å². The first-order valence-corrected chi connectivity index (χ1v) is 12.3. The first-order valence-electron chi connectivity index (χ1n) is 12.3. The molecule has 1 saturated heterocycles. The van der Waals surface area contributed by atoms with Crippen LogP contribution in [0.4, 0.5) is 5.82 Å². The lowest BCUT2D eigenvalue weighted by Gasteiger charge is -2.17. The Kier molecular flexibility index (Phi) is 5.25. The summed E-state index contributed by atoms with van der Waals surface area (Å²) in [5.41, 5.74) is 11.4. The van der Waals surface area contributed by atoms with Gasteiger partial charge in [-0.15, -0.1) is 0 Å². The monoisotopic (exact) mass is 505 g/mol. The van der Waals surface area contributed by atoms with Gasteiger partial charge in [-0.3, -0.25) is 9.55 Å². The fourth-order valence-corrected chi connectivity index (χ4v) is 5.11. The minimum atomic E-state index is -0.804. The maximum absolute atomic E-state index is 10.4. The Morgan fingerprint density at radius 1 is 0.868 bits per heavy atom. The SMILES string of the molecule is Nc1ncnc2c1nc(-c1ccc(-c3ccc4ccc5cccnc5c4n3)cc1)n2[C@H]1C[C@H](O)[C@@H](CO)O1. The van der Waals surface area contributed by atoms with E-state index in [0.717, 1.165) is 38.6 Å². The van der Waals surface area contributed by atoms with Gasteiger partial charge in [-0.25, -0.2) is 19.9 Å². The molecule has 0 aliphatic carbocycles. The fourth-order valence-electron chi connectivity index (χ4n) is 5.11. The maximum Gasteiger partial charge on any atom is 0.168 e. The van der Waals surface area contributed by atoms with Crippen molar-refractivity contribution in [1.29, 1.82) is 0 Å². The summed E-state index contributed by atoms with van der Waals surface area (Å²) in [6.45, 7) is -0.283. The van der Waals surface area contributed by atoms with Gasteiger partial charge in [0.15, 0.2) is 17.0 Å². The molecule has 0 bridgehead atoms. The predicted octanol–water partition coefficient (Wildman–Crippen LogP) is 3.48. The molecule has 6 aromatic rings. The Bertz CT molecular complexity index is 1820. The molecule has 0 amide bonds. The predicted molar refractivity (Wildman–Crippen MR) is 143 cm³/mol. The van der Waals surface area contributed by atoms with Crippen LogP contribution in [-0.4, -0.2) is 58.5 Å². The molecule has 5 heterocycles. The number of nitrogen functional groups attached to an aromatic ring is 1. The number of ether oxygens (including phenoxy) is 1. The third kappa shape index (κ3) is 3.58. The van der Waals surface area contributed by atoms with Gasteiger partial charge in [-0.2, -0.15) is 0 Å². The van der Waals surface area contributed by atoms with Gasteiger partial charge < -0.3 is 20.7 Å². The van der Waals surface area contributed by atoms with Crippen LogP contribution in [0.15, 0.2) is 73.2 Å². The largest absolute Gasteiger partial charge is 0.394 e. The highest BCUT2D eigenvalue weighted by molar-refractivity contribution is 6.03. The zero-order valence-corrected chi connectivity index (χ0v) is 20.1. The van der Waals surface area contributed by atoms with E-state index in [9.17, 15) is 10.2 Å². The van der Waals surface area contributed by atoms with Crippen LogP contribution >= 0.6 is 0 Å². The number of benzene rings is 2. The number of nitrogens with two attached hydrogens (primary N) is 1. The Labute approximate surface area is 216 Å². The summed E-state index contributed by atoms with van der Waals surface area (Å²) in [6.07, 6.45) is 1.39. The van der Waals surface area contributed by atoms with Crippen molar-refractivity contribution in [2.45, 2.75) is 24.9 Å². The van der Waals surface area contributed by atoms with Crippen molar-refractivity contribution in [2.75, 3.05) is 12.3 Å². The molecule has 0 radical (unpaired) electrons. The molecule has 7 rings (SSSR count). The molecule has 1 fully saturated rings. The molecule has 1 aliphatic rings. The Hall–Kier alpha value is -4.51. The normalized spacial score (nSPS) is 19.6. The minimum absolute atomic E-state index is 0.255. The highest BCUT2D eigenvalue weighted by Gasteiger charge is 2.37. The van der Waals surface area contributed by atoms with E-state index in [2.05, 4.69) is 33.2 Å². The highest BCUT2D eigenvalue weighted by Crippen LogP contribution is 2.37. The molecule has 0 unspecified atom stereocenters. The summed E-state index contributed by atoms with van der Waals surface area (Å²) in [4.78, 5) is 22.7. The van der Waals surface area contributed by atoms with Crippen molar-refractivity contribution in [2.24, 2.45) is 0 Å². The Balaban J connectivity index is 1.31. The number of hydrogen-bond acceptors (Lipinski definition) is 9. The maximum atomic E-state index is 10.4. The van der Waals surface area contributed by atoms with E-state index in [1.807, 2.05) is 47.0 Å². The van der Waals surface area contributed by atoms with Crippen LogP contribution in [0.3, 0.4) is 0 Å². The first-order chi connectivity index (χ1) is 18.6. The van der Waals surface area contributed by atoms with Crippen LogP contribution in [0.5, 0.6) is 0 Å². The second kappa shape index (κ2) is 8.80. The van der Waals surface area contributed by atoms with Crippen LogP contribution in [0.1, 0.15) is 12.6 Å². The molecule has 0 spiro atoms. The van der Waals surface area contributed by atoms with Crippen LogP contribution in [0.2, 0.25) is 0 Å². The average molecular weight is 506 g/mol. The van der Waals surface area contributed by atoms with Crippen molar-refractivity contribution in [3.05, 3.63) is 73.2 Å². The van der Waals surface area contributed by atoms with E-state index in [-0.39, 0.29) is 18.8 Å². The van der Waals surface area contributed by atoms with Crippen LogP contribution in [-0.2, 0) is 4.74 Å². The smallest absolute Gasteiger partial charge is 0.168 e. The molecule has 10 nitrogen and oxygen atoms in total. The number of pyridine rings is 2. The lowest BCUT2D eigenvalue weighted by molar-refractivity contribution is -0.0426. The summed E-state index contributed by atoms with van der Waals surface area (Å²) in [5, 5.41) is 22.0. The third-order valence-electron chi connectivity index (χ3n) is 7.05. The highest BCUT2D eigenvalue weighted by atomic mass is 16.5. The number of nitrogens with zero attached hydrogens (tertiary/aromatic N) is 6. The van der Waals surface area contributed by atoms with Crippen LogP contribution < -0.4 is 5.73 Å². The van der Waals surface area contributed by atoms with Crippen molar-refractivity contribution in [3.8, 4) is 22.6 Å². The number of aliphatic hydroxyl groups excluding tert-OH is 2. The topological polar surface area (TPSA) is 145 Å². The Morgan fingerprint density at radius 3 is 2.42 bits per heavy atom. The van der Waals surface area contributed by atoms with E-state index >= 15 is 0 Å². The molecule has 1 aliphatic heterocycles. The summed E-state index contributed by atoms with van der Waals surface area (Å²) < 4.78 is 7.77. The molecular weight excluding hydrogens is 482 g/mol. The third-order valence-corrected chi connectivity index (χ3v) is 7.05. The molecule has 4 N–H and O–H groups in total. The quantitative estimate of drug-likeness (QED) is 0.307. The zero-order chi connectivity index (χ0) is 25.8. The number of rotatable bonds is 4. The average Bonchev–Trinajstić information content (AvgIpc) is 3.53. The van der Waals surface area contributed by atoms with Gasteiger partial charge >= 0.3 is 0 Å². The summed E-state index contributed by atoms with van der Waals surface area (Å²) >= 11 is 0. The number of hydrogen-bond donors (Lipinski definition) is 3. The summed E-state index contributed by atoms with van der Waals surface area (Å²) in [7, 11) is 0. The van der Waals surface area contributed by atoms with E-state index < -0.39 is 18.4 Å². The van der Waals surface area contributed by atoms with E-state index in [4.69, 9.17) is 20.4 Å².